The standard InChI is InChI=1S/C14H15F3O2S/c1-13(2,12(18)19)6-8-7-20-10-5-3-4-9(11(8)10)14(15,16)17/h3-5,8H,6-7H2,1-2H3,(H,18,19). The number of benzene rings is 1. The Balaban J connectivity index is 2.39. The summed E-state index contributed by atoms with van der Waals surface area (Å²) in [5.41, 5.74) is -1.41. The summed E-state index contributed by atoms with van der Waals surface area (Å²) in [6, 6.07) is 4.15. The van der Waals surface area contributed by atoms with E-state index in [9.17, 15) is 18.0 Å². The van der Waals surface area contributed by atoms with Crippen LogP contribution < -0.4 is 0 Å². The predicted octanol–water partition coefficient (Wildman–Crippen LogP) is 4.40. The van der Waals surface area contributed by atoms with Crippen molar-refractivity contribution in [2.45, 2.75) is 37.3 Å². The summed E-state index contributed by atoms with van der Waals surface area (Å²) in [4.78, 5) is 11.8. The highest BCUT2D eigenvalue weighted by Crippen LogP contribution is 2.49. The fourth-order valence-corrected chi connectivity index (χ4v) is 3.75. The van der Waals surface area contributed by atoms with Gasteiger partial charge in [-0.3, -0.25) is 4.79 Å². The van der Waals surface area contributed by atoms with Crippen molar-refractivity contribution >= 4 is 17.7 Å². The zero-order valence-corrected chi connectivity index (χ0v) is 11.9. The molecule has 0 amide bonds. The quantitative estimate of drug-likeness (QED) is 0.899. The molecule has 2 nitrogen and oxygen atoms in total. The van der Waals surface area contributed by atoms with E-state index in [2.05, 4.69) is 0 Å². The number of carboxylic acid groups (broad SMARTS) is 1. The molecule has 6 heteroatoms. The number of hydrogen-bond donors (Lipinski definition) is 1. The minimum atomic E-state index is -4.40. The molecule has 0 saturated heterocycles. The molecule has 1 unspecified atom stereocenters. The molecule has 0 bridgehead atoms. The number of alkyl halides is 3. The van der Waals surface area contributed by atoms with Gasteiger partial charge in [0.25, 0.3) is 0 Å². The lowest BCUT2D eigenvalue weighted by atomic mass is 9.79. The van der Waals surface area contributed by atoms with Gasteiger partial charge >= 0.3 is 12.1 Å². The van der Waals surface area contributed by atoms with Crippen molar-refractivity contribution in [2.75, 3.05) is 5.75 Å². The second-order valence-corrected chi connectivity index (χ2v) is 6.68. The van der Waals surface area contributed by atoms with Crippen molar-refractivity contribution in [3.8, 4) is 0 Å². The van der Waals surface area contributed by atoms with Crippen LogP contribution in [0.4, 0.5) is 13.2 Å². The van der Waals surface area contributed by atoms with E-state index in [0.29, 0.717) is 10.6 Å². The molecule has 0 radical (unpaired) electrons. The van der Waals surface area contributed by atoms with E-state index < -0.39 is 23.1 Å². The van der Waals surface area contributed by atoms with E-state index in [1.807, 2.05) is 0 Å². The molecule has 20 heavy (non-hydrogen) atoms. The van der Waals surface area contributed by atoms with Gasteiger partial charge in [0.1, 0.15) is 0 Å². The van der Waals surface area contributed by atoms with Gasteiger partial charge in [0.2, 0.25) is 0 Å². The molecule has 2 rings (SSSR count). The van der Waals surface area contributed by atoms with Crippen LogP contribution in [0.1, 0.15) is 37.3 Å². The Morgan fingerprint density at radius 2 is 2.05 bits per heavy atom. The van der Waals surface area contributed by atoms with Crippen molar-refractivity contribution < 1.29 is 23.1 Å². The van der Waals surface area contributed by atoms with Gasteiger partial charge in [0, 0.05) is 10.6 Å². The molecule has 1 N–H and O–H groups in total. The maximum absolute atomic E-state index is 13.1. The molecule has 1 atom stereocenters. The highest BCUT2D eigenvalue weighted by molar-refractivity contribution is 7.99. The predicted molar refractivity (Wildman–Crippen MR) is 70.9 cm³/mol. The van der Waals surface area contributed by atoms with Crippen LogP contribution in [0.2, 0.25) is 0 Å². The topological polar surface area (TPSA) is 37.3 Å². The highest BCUT2D eigenvalue weighted by atomic mass is 32.2. The van der Waals surface area contributed by atoms with Crippen LogP contribution in [0, 0.1) is 5.41 Å². The molecule has 1 aromatic rings. The zero-order valence-electron chi connectivity index (χ0n) is 11.1. The van der Waals surface area contributed by atoms with Gasteiger partial charge in [-0.25, -0.2) is 0 Å². The monoisotopic (exact) mass is 304 g/mol. The van der Waals surface area contributed by atoms with E-state index in [1.54, 1.807) is 19.9 Å². The van der Waals surface area contributed by atoms with Crippen molar-refractivity contribution in [1.29, 1.82) is 0 Å². The van der Waals surface area contributed by atoms with Gasteiger partial charge in [-0.2, -0.15) is 13.2 Å². The molecule has 1 heterocycles. The summed E-state index contributed by atoms with van der Waals surface area (Å²) < 4.78 is 39.2. The third-order valence-corrected chi connectivity index (χ3v) is 4.79. The fourth-order valence-electron chi connectivity index (χ4n) is 2.48. The number of fused-ring (bicyclic) bond motifs is 1. The summed E-state index contributed by atoms with van der Waals surface area (Å²) in [5, 5.41) is 9.15. The van der Waals surface area contributed by atoms with E-state index in [1.165, 1.54) is 17.8 Å². The summed E-state index contributed by atoms with van der Waals surface area (Å²) in [6.07, 6.45) is -4.20. The third kappa shape index (κ3) is 2.80. The Labute approximate surface area is 119 Å². The van der Waals surface area contributed by atoms with Crippen LogP contribution in [-0.2, 0) is 11.0 Å². The SMILES string of the molecule is CC(C)(CC1CSc2cccc(C(F)(F)F)c21)C(=O)O. The maximum Gasteiger partial charge on any atom is 0.416 e. The third-order valence-electron chi connectivity index (χ3n) is 3.56. The number of carbonyl (C=O) groups is 1. The van der Waals surface area contributed by atoms with Gasteiger partial charge < -0.3 is 5.11 Å². The van der Waals surface area contributed by atoms with Gasteiger partial charge in [-0.05, 0) is 43.9 Å². The fraction of sp³-hybridized carbons (Fsp3) is 0.500. The summed E-state index contributed by atoms with van der Waals surface area (Å²) in [6.45, 7) is 3.10. The molecule has 1 aliphatic rings. The number of aliphatic carboxylic acids is 1. The van der Waals surface area contributed by atoms with Crippen molar-refractivity contribution in [2.24, 2.45) is 5.41 Å². The normalized spacial score (nSPS) is 18.9. The van der Waals surface area contributed by atoms with Crippen LogP contribution in [0.15, 0.2) is 23.1 Å². The van der Waals surface area contributed by atoms with Crippen LogP contribution in [0.5, 0.6) is 0 Å². The highest BCUT2D eigenvalue weighted by Gasteiger charge is 2.41. The van der Waals surface area contributed by atoms with Gasteiger partial charge in [0.05, 0.1) is 11.0 Å². The Morgan fingerprint density at radius 3 is 2.60 bits per heavy atom. The second-order valence-electron chi connectivity index (χ2n) is 5.62. The molecule has 0 aromatic heterocycles. The van der Waals surface area contributed by atoms with E-state index >= 15 is 0 Å². The molecule has 0 aliphatic carbocycles. The Bertz CT molecular complexity index is 538. The first-order chi connectivity index (χ1) is 9.13. The van der Waals surface area contributed by atoms with Gasteiger partial charge in [0.15, 0.2) is 0 Å². The number of halogens is 3. The van der Waals surface area contributed by atoms with Crippen molar-refractivity contribution in [3.05, 3.63) is 29.3 Å². The van der Waals surface area contributed by atoms with E-state index in [-0.39, 0.29) is 17.9 Å². The first-order valence-electron chi connectivity index (χ1n) is 6.19. The van der Waals surface area contributed by atoms with Crippen molar-refractivity contribution in [3.63, 3.8) is 0 Å². The van der Waals surface area contributed by atoms with Crippen LogP contribution in [-0.4, -0.2) is 16.8 Å². The second kappa shape index (κ2) is 4.98. The summed E-state index contributed by atoms with van der Waals surface area (Å²) in [7, 11) is 0. The van der Waals surface area contributed by atoms with Gasteiger partial charge in [-0.1, -0.05) is 6.07 Å². The number of thioether (sulfide) groups is 1. The van der Waals surface area contributed by atoms with Crippen molar-refractivity contribution in [1.82, 2.24) is 0 Å². The summed E-state index contributed by atoms with van der Waals surface area (Å²) >= 11 is 1.37. The Hall–Kier alpha value is -1.17. The lowest BCUT2D eigenvalue weighted by Gasteiger charge is -2.25. The number of hydrogen-bond acceptors (Lipinski definition) is 2. The molecule has 110 valence electrons. The molecule has 0 fully saturated rings. The number of carboxylic acids is 1. The molecular formula is C14H15F3O2S. The first-order valence-corrected chi connectivity index (χ1v) is 7.18. The molecule has 0 saturated carbocycles. The lowest BCUT2D eigenvalue weighted by molar-refractivity contribution is -0.147. The minimum absolute atomic E-state index is 0.204. The molecule has 0 spiro atoms. The minimum Gasteiger partial charge on any atom is -0.481 e. The largest absolute Gasteiger partial charge is 0.481 e. The molecule has 1 aliphatic heterocycles. The van der Waals surface area contributed by atoms with E-state index in [4.69, 9.17) is 5.11 Å². The summed E-state index contributed by atoms with van der Waals surface area (Å²) in [5.74, 6) is -0.863. The zero-order chi connectivity index (χ0) is 15.1. The van der Waals surface area contributed by atoms with Crippen LogP contribution in [0.3, 0.4) is 0 Å². The number of rotatable bonds is 3. The molecule has 1 aromatic carbocycles. The van der Waals surface area contributed by atoms with E-state index in [0.717, 1.165) is 6.07 Å². The average Bonchev–Trinajstić information content (AvgIpc) is 2.70. The van der Waals surface area contributed by atoms with Crippen LogP contribution in [0.25, 0.3) is 0 Å². The van der Waals surface area contributed by atoms with Crippen LogP contribution >= 0.6 is 11.8 Å². The first kappa shape index (κ1) is 15.2. The maximum atomic E-state index is 13.1. The Kier molecular flexibility index (Phi) is 3.79. The van der Waals surface area contributed by atoms with Gasteiger partial charge in [-0.15, -0.1) is 11.8 Å². The molecular weight excluding hydrogens is 289 g/mol. The average molecular weight is 304 g/mol. The smallest absolute Gasteiger partial charge is 0.416 e. The lowest BCUT2D eigenvalue weighted by Crippen LogP contribution is -2.27. The Morgan fingerprint density at radius 1 is 1.40 bits per heavy atom.